The van der Waals surface area contributed by atoms with Crippen LogP contribution in [0.5, 0.6) is 0 Å². The molecular formula is C9H17FS. The van der Waals surface area contributed by atoms with Crippen molar-refractivity contribution >= 4 is 12.6 Å². The Balaban J connectivity index is 2.43. The van der Waals surface area contributed by atoms with Gasteiger partial charge in [-0.05, 0) is 31.1 Å². The number of halogens is 1. The summed E-state index contributed by atoms with van der Waals surface area (Å²) in [5, 5.41) is 0.297. The SMILES string of the molecule is CC(C)C1CC(F)CC(S)C1. The molecule has 0 heterocycles. The van der Waals surface area contributed by atoms with Crippen molar-refractivity contribution in [3.8, 4) is 0 Å². The molecule has 1 aliphatic carbocycles. The molecule has 0 bridgehead atoms. The molecule has 0 aromatic rings. The van der Waals surface area contributed by atoms with Gasteiger partial charge in [0.25, 0.3) is 0 Å². The molecule has 1 fully saturated rings. The first-order valence-corrected chi connectivity index (χ1v) is 4.93. The zero-order valence-corrected chi connectivity index (χ0v) is 8.15. The monoisotopic (exact) mass is 176 g/mol. The van der Waals surface area contributed by atoms with Crippen LogP contribution in [0.1, 0.15) is 33.1 Å². The predicted octanol–water partition coefficient (Wildman–Crippen LogP) is 3.08. The van der Waals surface area contributed by atoms with Gasteiger partial charge in [0.15, 0.2) is 0 Å². The molecule has 3 atom stereocenters. The number of rotatable bonds is 1. The highest BCUT2D eigenvalue weighted by atomic mass is 32.1. The van der Waals surface area contributed by atoms with E-state index in [4.69, 9.17) is 0 Å². The fourth-order valence-electron chi connectivity index (χ4n) is 1.81. The Morgan fingerprint density at radius 3 is 2.36 bits per heavy atom. The Kier molecular flexibility index (Phi) is 3.23. The second-order valence-corrected chi connectivity index (χ2v) is 4.69. The van der Waals surface area contributed by atoms with Crippen molar-refractivity contribution in [3.05, 3.63) is 0 Å². The van der Waals surface area contributed by atoms with E-state index in [1.807, 2.05) is 0 Å². The molecule has 3 unspecified atom stereocenters. The highest BCUT2D eigenvalue weighted by Gasteiger charge is 2.28. The molecule has 1 saturated carbocycles. The predicted molar refractivity (Wildman–Crippen MR) is 49.8 cm³/mol. The van der Waals surface area contributed by atoms with Crippen LogP contribution in [0, 0.1) is 11.8 Å². The summed E-state index contributed by atoms with van der Waals surface area (Å²) in [6.07, 6.45) is 1.92. The maximum absolute atomic E-state index is 13.0. The Morgan fingerprint density at radius 2 is 1.91 bits per heavy atom. The van der Waals surface area contributed by atoms with Gasteiger partial charge >= 0.3 is 0 Å². The summed E-state index contributed by atoms with van der Waals surface area (Å²) in [4.78, 5) is 0. The Bertz CT molecular complexity index is 115. The lowest BCUT2D eigenvalue weighted by molar-refractivity contribution is 0.172. The Labute approximate surface area is 74.0 Å². The Morgan fingerprint density at radius 1 is 1.27 bits per heavy atom. The molecular weight excluding hydrogens is 159 g/mol. The van der Waals surface area contributed by atoms with Crippen molar-refractivity contribution in [3.63, 3.8) is 0 Å². The Hall–Kier alpha value is 0.280. The summed E-state index contributed by atoms with van der Waals surface area (Å²) in [7, 11) is 0. The van der Waals surface area contributed by atoms with Crippen molar-refractivity contribution < 1.29 is 4.39 Å². The van der Waals surface area contributed by atoms with Gasteiger partial charge < -0.3 is 0 Å². The zero-order chi connectivity index (χ0) is 8.43. The van der Waals surface area contributed by atoms with E-state index in [1.54, 1.807) is 0 Å². The molecule has 0 amide bonds. The smallest absolute Gasteiger partial charge is 0.101 e. The molecule has 0 N–H and O–H groups in total. The molecule has 0 aromatic heterocycles. The highest BCUT2D eigenvalue weighted by molar-refractivity contribution is 7.80. The summed E-state index contributed by atoms with van der Waals surface area (Å²) in [6, 6.07) is 0. The minimum atomic E-state index is -0.598. The van der Waals surface area contributed by atoms with Crippen LogP contribution in [0.15, 0.2) is 0 Å². The molecule has 0 spiro atoms. The molecule has 0 radical (unpaired) electrons. The van der Waals surface area contributed by atoms with E-state index in [9.17, 15) is 4.39 Å². The third-order valence-electron chi connectivity index (χ3n) is 2.60. The van der Waals surface area contributed by atoms with Crippen LogP contribution in [0.2, 0.25) is 0 Å². The molecule has 1 rings (SSSR count). The molecule has 66 valence electrons. The van der Waals surface area contributed by atoms with E-state index < -0.39 is 6.17 Å². The maximum atomic E-state index is 13.0. The van der Waals surface area contributed by atoms with E-state index in [1.165, 1.54) is 0 Å². The quantitative estimate of drug-likeness (QED) is 0.583. The van der Waals surface area contributed by atoms with Gasteiger partial charge in [0.1, 0.15) is 6.17 Å². The largest absolute Gasteiger partial charge is 0.247 e. The van der Waals surface area contributed by atoms with Crippen molar-refractivity contribution in [2.75, 3.05) is 0 Å². The van der Waals surface area contributed by atoms with Crippen LogP contribution in [0.4, 0.5) is 4.39 Å². The van der Waals surface area contributed by atoms with Gasteiger partial charge in [-0.3, -0.25) is 0 Å². The van der Waals surface area contributed by atoms with Gasteiger partial charge in [-0.1, -0.05) is 13.8 Å². The molecule has 0 aromatic carbocycles. The lowest BCUT2D eigenvalue weighted by Gasteiger charge is -2.31. The minimum absolute atomic E-state index is 0.297. The van der Waals surface area contributed by atoms with Crippen LogP contribution in [-0.2, 0) is 0 Å². The lowest BCUT2D eigenvalue weighted by Crippen LogP contribution is -2.27. The molecule has 0 aliphatic heterocycles. The summed E-state index contributed by atoms with van der Waals surface area (Å²) in [5.74, 6) is 1.17. The standard InChI is InChI=1S/C9H17FS/c1-6(2)7-3-8(10)5-9(11)4-7/h6-9,11H,3-5H2,1-2H3. The second-order valence-electron chi connectivity index (χ2n) is 3.96. The van der Waals surface area contributed by atoms with Gasteiger partial charge in [0.2, 0.25) is 0 Å². The average Bonchev–Trinajstić information content (AvgIpc) is 1.85. The van der Waals surface area contributed by atoms with Crippen molar-refractivity contribution in [1.82, 2.24) is 0 Å². The fraction of sp³-hybridized carbons (Fsp3) is 1.00. The van der Waals surface area contributed by atoms with Crippen LogP contribution in [-0.4, -0.2) is 11.4 Å². The van der Waals surface area contributed by atoms with E-state index in [2.05, 4.69) is 26.5 Å². The maximum Gasteiger partial charge on any atom is 0.101 e. The molecule has 11 heavy (non-hydrogen) atoms. The van der Waals surface area contributed by atoms with Gasteiger partial charge in [0.05, 0.1) is 0 Å². The van der Waals surface area contributed by atoms with Crippen molar-refractivity contribution in [1.29, 1.82) is 0 Å². The van der Waals surface area contributed by atoms with E-state index in [0.717, 1.165) is 12.8 Å². The first-order valence-electron chi connectivity index (χ1n) is 4.41. The highest BCUT2D eigenvalue weighted by Crippen LogP contribution is 2.33. The van der Waals surface area contributed by atoms with Crippen LogP contribution in [0.3, 0.4) is 0 Å². The zero-order valence-electron chi connectivity index (χ0n) is 7.26. The van der Waals surface area contributed by atoms with Gasteiger partial charge in [-0.2, -0.15) is 12.6 Å². The number of alkyl halides is 1. The number of hydrogen-bond acceptors (Lipinski definition) is 1. The van der Waals surface area contributed by atoms with Crippen LogP contribution < -0.4 is 0 Å². The lowest BCUT2D eigenvalue weighted by atomic mass is 9.80. The number of hydrogen-bond donors (Lipinski definition) is 1. The topological polar surface area (TPSA) is 0 Å². The number of thiol groups is 1. The summed E-state index contributed by atoms with van der Waals surface area (Å²) < 4.78 is 13.0. The molecule has 0 nitrogen and oxygen atoms in total. The average molecular weight is 176 g/mol. The minimum Gasteiger partial charge on any atom is -0.247 e. The van der Waals surface area contributed by atoms with E-state index in [-0.39, 0.29) is 0 Å². The van der Waals surface area contributed by atoms with Gasteiger partial charge in [0, 0.05) is 5.25 Å². The third kappa shape index (κ3) is 2.66. The van der Waals surface area contributed by atoms with Crippen LogP contribution in [0.25, 0.3) is 0 Å². The molecule has 2 heteroatoms. The molecule has 1 aliphatic rings. The first kappa shape index (κ1) is 9.37. The molecule has 0 saturated heterocycles. The summed E-state index contributed by atoms with van der Waals surface area (Å²) in [6.45, 7) is 4.34. The summed E-state index contributed by atoms with van der Waals surface area (Å²) in [5.41, 5.74) is 0. The van der Waals surface area contributed by atoms with Gasteiger partial charge in [-0.15, -0.1) is 0 Å². The van der Waals surface area contributed by atoms with Crippen molar-refractivity contribution in [2.24, 2.45) is 11.8 Å². The first-order chi connectivity index (χ1) is 5.09. The van der Waals surface area contributed by atoms with Gasteiger partial charge in [-0.25, -0.2) is 4.39 Å². The normalized spacial score (nSPS) is 39.5. The van der Waals surface area contributed by atoms with E-state index in [0.29, 0.717) is 23.5 Å². The summed E-state index contributed by atoms with van der Waals surface area (Å²) >= 11 is 4.33. The van der Waals surface area contributed by atoms with E-state index >= 15 is 0 Å². The van der Waals surface area contributed by atoms with Crippen molar-refractivity contribution in [2.45, 2.75) is 44.5 Å². The van der Waals surface area contributed by atoms with Crippen LogP contribution >= 0.6 is 12.6 Å². The fourth-order valence-corrected chi connectivity index (χ4v) is 2.31. The third-order valence-corrected chi connectivity index (χ3v) is 3.03. The second kappa shape index (κ2) is 3.79.